The van der Waals surface area contributed by atoms with E-state index in [1.807, 2.05) is 48.7 Å². The van der Waals surface area contributed by atoms with Gasteiger partial charge in [-0.1, -0.05) is 115 Å². The van der Waals surface area contributed by atoms with Crippen molar-refractivity contribution in [3.05, 3.63) is 186 Å². The topological polar surface area (TPSA) is 61.1 Å². The summed E-state index contributed by atoms with van der Waals surface area (Å²) in [5.41, 5.74) is 17.8. The van der Waals surface area contributed by atoms with Crippen molar-refractivity contribution in [2.45, 2.75) is 25.7 Å². The van der Waals surface area contributed by atoms with Crippen LogP contribution >= 0.6 is 0 Å². The Kier molecular flexibility index (Phi) is 8.35. The Morgan fingerprint density at radius 3 is 2.06 bits per heavy atom. The first kappa shape index (κ1) is 30.2. The molecule has 3 aliphatic carbocycles. The Labute approximate surface area is 287 Å². The van der Waals surface area contributed by atoms with Crippen LogP contribution in [-0.4, -0.2) is 16.4 Å². The van der Waals surface area contributed by atoms with E-state index >= 15 is 0 Å². The summed E-state index contributed by atoms with van der Waals surface area (Å²) >= 11 is 0. The van der Waals surface area contributed by atoms with Crippen LogP contribution in [0.3, 0.4) is 0 Å². The van der Waals surface area contributed by atoms with E-state index in [4.69, 9.17) is 5.10 Å². The molecule has 0 saturated carbocycles. The Balaban J connectivity index is 1.09. The normalized spacial score (nSPS) is 16.9. The number of aromatic nitrogens is 1. The number of nitrogens with one attached hydrogen (secondary N) is 2. The lowest BCUT2D eigenvalue weighted by molar-refractivity contribution is 0.878. The van der Waals surface area contributed by atoms with Crippen molar-refractivity contribution in [2.75, 3.05) is 5.43 Å². The molecule has 0 atom stereocenters. The average Bonchev–Trinajstić information content (AvgIpc) is 3.18. The van der Waals surface area contributed by atoms with Gasteiger partial charge in [-0.15, -0.1) is 0 Å². The molecule has 0 unspecified atom stereocenters. The van der Waals surface area contributed by atoms with Crippen LogP contribution in [0.25, 0.3) is 38.7 Å². The molecule has 5 aromatic rings. The molecule has 1 aromatic heterocycles. The highest BCUT2D eigenvalue weighted by molar-refractivity contribution is 6.54. The van der Waals surface area contributed by atoms with Gasteiger partial charge >= 0.3 is 0 Å². The smallest absolute Gasteiger partial charge is 0.116 e. The van der Waals surface area contributed by atoms with Gasteiger partial charge < -0.3 is 0 Å². The van der Waals surface area contributed by atoms with E-state index in [9.17, 15) is 5.41 Å². The van der Waals surface area contributed by atoms with Crippen LogP contribution < -0.4 is 5.43 Å². The lowest BCUT2D eigenvalue weighted by Gasteiger charge is -2.23. The van der Waals surface area contributed by atoms with Gasteiger partial charge in [-0.3, -0.25) is 15.8 Å². The molecule has 3 aliphatic rings. The summed E-state index contributed by atoms with van der Waals surface area (Å²) in [6.07, 6.45) is 21.3. The second kappa shape index (κ2) is 13.5. The van der Waals surface area contributed by atoms with E-state index < -0.39 is 0 Å². The Hall–Kier alpha value is -6.13. The third kappa shape index (κ3) is 6.54. The van der Waals surface area contributed by atoms with Crippen LogP contribution in [-0.2, 0) is 0 Å². The third-order valence-corrected chi connectivity index (χ3v) is 9.46. The van der Waals surface area contributed by atoms with E-state index in [2.05, 4.69) is 120 Å². The summed E-state index contributed by atoms with van der Waals surface area (Å²) in [4.78, 5) is 4.63. The molecule has 0 bridgehead atoms. The standard InChI is InChI=1S/C45H36N4/c46-43-29-39(35-17-15-33(16-18-35)31-9-3-1-4-10-31)28-42(37-21-19-34(20-22-37)32-11-5-2-6-12-32)45(43)49-48-41-25-23-36(24-26-41)40-27-38-13-7-8-14-44(38)47-30-40/h1-5,7-11,13-19,21,23-30,46,48H,6,12,20,22H2/b46-43?,49-45-. The molecule has 49 heavy (non-hydrogen) atoms. The summed E-state index contributed by atoms with van der Waals surface area (Å²) in [7, 11) is 0. The molecule has 8 rings (SSSR count). The molecule has 4 nitrogen and oxygen atoms in total. The molecule has 0 fully saturated rings. The van der Waals surface area contributed by atoms with E-state index in [-0.39, 0.29) is 0 Å². The minimum atomic E-state index is 0.391. The average molecular weight is 633 g/mol. The van der Waals surface area contributed by atoms with Gasteiger partial charge in [0.25, 0.3) is 0 Å². The van der Waals surface area contributed by atoms with Crippen molar-refractivity contribution < 1.29 is 0 Å². The molecular formula is C45H36N4. The minimum absolute atomic E-state index is 0.391. The summed E-state index contributed by atoms with van der Waals surface area (Å²) in [5, 5.41) is 15.2. The maximum atomic E-state index is 9.18. The number of pyridine rings is 1. The highest BCUT2D eigenvalue weighted by Gasteiger charge is 2.24. The van der Waals surface area contributed by atoms with Crippen LogP contribution in [0.1, 0.15) is 31.2 Å². The maximum absolute atomic E-state index is 9.18. The Bertz CT molecular complexity index is 2280. The predicted octanol–water partition coefficient (Wildman–Crippen LogP) is 11.3. The monoisotopic (exact) mass is 632 g/mol. The van der Waals surface area contributed by atoms with Crippen molar-refractivity contribution in [2.24, 2.45) is 5.10 Å². The first-order valence-electron chi connectivity index (χ1n) is 16.9. The molecule has 0 amide bonds. The number of rotatable bonds is 7. The number of hydrogen-bond acceptors (Lipinski definition) is 4. The van der Waals surface area contributed by atoms with Crippen molar-refractivity contribution in [1.82, 2.24) is 4.98 Å². The molecule has 1 heterocycles. The van der Waals surface area contributed by atoms with E-state index in [0.717, 1.165) is 70.1 Å². The minimum Gasteiger partial charge on any atom is -0.299 e. The fourth-order valence-corrected chi connectivity index (χ4v) is 6.74. The second-order valence-corrected chi connectivity index (χ2v) is 12.6. The summed E-state index contributed by atoms with van der Waals surface area (Å²) in [6.45, 7) is 0. The molecule has 0 aliphatic heterocycles. The van der Waals surface area contributed by atoms with Crippen LogP contribution in [0, 0.1) is 5.41 Å². The molecule has 2 N–H and O–H groups in total. The SMILES string of the molecule is N=C1C=C(c2ccc(-c3ccccc3)cc2)C=C(C2=CC=C(C3=CC=CCC3)CC2)/C1=N/Nc1ccc(-c2cnc3ccccc3c2)cc1. The van der Waals surface area contributed by atoms with Gasteiger partial charge in [-0.2, -0.15) is 5.10 Å². The maximum Gasteiger partial charge on any atom is 0.116 e. The van der Waals surface area contributed by atoms with Crippen molar-refractivity contribution in [1.29, 1.82) is 5.41 Å². The van der Waals surface area contributed by atoms with Crippen molar-refractivity contribution >= 4 is 33.6 Å². The number of para-hydroxylation sites is 1. The lowest BCUT2D eigenvalue weighted by atomic mass is 9.82. The van der Waals surface area contributed by atoms with Crippen molar-refractivity contribution in [3.8, 4) is 22.3 Å². The number of fused-ring (bicyclic) bond motifs is 1. The van der Waals surface area contributed by atoms with Crippen molar-refractivity contribution in [3.63, 3.8) is 0 Å². The number of hydrogen-bond donors (Lipinski definition) is 2. The highest BCUT2D eigenvalue weighted by Crippen LogP contribution is 2.35. The van der Waals surface area contributed by atoms with Gasteiger partial charge in [0, 0.05) is 22.7 Å². The Morgan fingerprint density at radius 2 is 1.29 bits per heavy atom. The van der Waals surface area contributed by atoms with Crippen LogP contribution in [0.5, 0.6) is 0 Å². The van der Waals surface area contributed by atoms with Gasteiger partial charge in [-0.05, 0) is 107 Å². The van der Waals surface area contributed by atoms with Gasteiger partial charge in [0.2, 0.25) is 0 Å². The van der Waals surface area contributed by atoms with E-state index in [0.29, 0.717) is 11.4 Å². The third-order valence-electron chi connectivity index (χ3n) is 9.46. The molecule has 0 radical (unpaired) electrons. The summed E-state index contributed by atoms with van der Waals surface area (Å²) in [6, 6.07) is 37.6. The second-order valence-electron chi connectivity index (χ2n) is 12.6. The zero-order valence-electron chi connectivity index (χ0n) is 27.2. The van der Waals surface area contributed by atoms with Crippen LogP contribution in [0.2, 0.25) is 0 Å². The number of nitrogens with zero attached hydrogens (tertiary/aromatic N) is 2. The molecule has 0 spiro atoms. The first-order chi connectivity index (χ1) is 24.2. The zero-order valence-corrected chi connectivity index (χ0v) is 27.2. The summed E-state index contributed by atoms with van der Waals surface area (Å²) in [5.74, 6) is 0. The van der Waals surface area contributed by atoms with E-state index in [1.54, 1.807) is 0 Å². The van der Waals surface area contributed by atoms with E-state index in [1.165, 1.54) is 27.8 Å². The number of anilines is 1. The summed E-state index contributed by atoms with van der Waals surface area (Å²) < 4.78 is 0. The zero-order chi connectivity index (χ0) is 33.0. The molecule has 0 saturated heterocycles. The molecule has 236 valence electrons. The lowest BCUT2D eigenvalue weighted by Crippen LogP contribution is -2.21. The number of allylic oxidation sites excluding steroid dienone is 12. The fraction of sp³-hybridized carbons (Fsp3) is 0.0889. The highest BCUT2D eigenvalue weighted by atomic mass is 15.3. The van der Waals surface area contributed by atoms with Gasteiger partial charge in [0.15, 0.2) is 0 Å². The van der Waals surface area contributed by atoms with Crippen LogP contribution in [0.4, 0.5) is 5.69 Å². The van der Waals surface area contributed by atoms with Gasteiger partial charge in [0.1, 0.15) is 5.71 Å². The molecule has 4 heteroatoms. The predicted molar refractivity (Wildman–Crippen MR) is 206 cm³/mol. The molecule has 4 aromatic carbocycles. The molecular weight excluding hydrogens is 597 g/mol. The quantitative estimate of drug-likeness (QED) is 0.139. The number of benzene rings is 4. The van der Waals surface area contributed by atoms with Crippen LogP contribution in [0.15, 0.2) is 185 Å². The van der Waals surface area contributed by atoms with Gasteiger partial charge in [0.05, 0.1) is 16.9 Å². The number of hydrazone groups is 1. The largest absolute Gasteiger partial charge is 0.299 e. The Morgan fingerprint density at radius 1 is 0.612 bits per heavy atom. The first-order valence-corrected chi connectivity index (χ1v) is 16.9. The fourth-order valence-electron chi connectivity index (χ4n) is 6.74. The van der Waals surface area contributed by atoms with Gasteiger partial charge in [-0.25, -0.2) is 0 Å².